The van der Waals surface area contributed by atoms with Gasteiger partial charge in [0.05, 0.1) is 0 Å². The first-order valence-electron chi connectivity index (χ1n) is 7.77. The SMILES string of the molecule is CCC1=C(CCC(C)C)/C(=C\C(C)=C\C(=O)O)CCC1. The molecule has 2 nitrogen and oxygen atoms in total. The molecule has 0 radical (unpaired) electrons. The Bertz CT molecular complexity index is 436. The number of rotatable bonds is 6. The molecule has 1 N–H and O–H groups in total. The van der Waals surface area contributed by atoms with E-state index >= 15 is 0 Å². The Morgan fingerprint density at radius 3 is 2.60 bits per heavy atom. The van der Waals surface area contributed by atoms with Gasteiger partial charge < -0.3 is 5.11 Å². The summed E-state index contributed by atoms with van der Waals surface area (Å²) < 4.78 is 0. The lowest BCUT2D eigenvalue weighted by Gasteiger charge is -2.24. The highest BCUT2D eigenvalue weighted by atomic mass is 16.4. The van der Waals surface area contributed by atoms with E-state index < -0.39 is 5.97 Å². The van der Waals surface area contributed by atoms with Crippen molar-refractivity contribution in [3.8, 4) is 0 Å². The second-order valence-corrected chi connectivity index (χ2v) is 6.12. The fraction of sp³-hybridized carbons (Fsp3) is 0.611. The Morgan fingerprint density at radius 1 is 1.35 bits per heavy atom. The van der Waals surface area contributed by atoms with Crippen molar-refractivity contribution in [1.29, 1.82) is 0 Å². The van der Waals surface area contributed by atoms with Crippen molar-refractivity contribution in [2.24, 2.45) is 5.92 Å². The van der Waals surface area contributed by atoms with Crippen LogP contribution < -0.4 is 0 Å². The van der Waals surface area contributed by atoms with E-state index in [9.17, 15) is 4.79 Å². The van der Waals surface area contributed by atoms with E-state index in [1.807, 2.05) is 6.92 Å². The summed E-state index contributed by atoms with van der Waals surface area (Å²) in [5.74, 6) is -0.155. The van der Waals surface area contributed by atoms with Crippen molar-refractivity contribution >= 4 is 5.97 Å². The van der Waals surface area contributed by atoms with Crippen LogP contribution in [0.5, 0.6) is 0 Å². The molecule has 0 aliphatic heterocycles. The van der Waals surface area contributed by atoms with Gasteiger partial charge in [0.2, 0.25) is 0 Å². The van der Waals surface area contributed by atoms with E-state index in [1.54, 1.807) is 5.57 Å². The molecule has 0 bridgehead atoms. The molecular formula is C18H28O2. The van der Waals surface area contributed by atoms with Gasteiger partial charge in [-0.2, -0.15) is 0 Å². The predicted octanol–water partition coefficient (Wildman–Crippen LogP) is 5.27. The van der Waals surface area contributed by atoms with Crippen molar-refractivity contribution in [2.45, 2.75) is 66.2 Å². The Kier molecular flexibility index (Phi) is 6.77. The third-order valence-corrected chi connectivity index (χ3v) is 3.89. The minimum absolute atomic E-state index is 0.708. The number of hydrogen-bond donors (Lipinski definition) is 1. The highest BCUT2D eigenvalue weighted by Crippen LogP contribution is 2.35. The first-order chi connectivity index (χ1) is 9.43. The smallest absolute Gasteiger partial charge is 0.328 e. The van der Waals surface area contributed by atoms with Gasteiger partial charge in [-0.3, -0.25) is 0 Å². The van der Waals surface area contributed by atoms with Gasteiger partial charge in [0, 0.05) is 6.08 Å². The second kappa shape index (κ2) is 8.08. The van der Waals surface area contributed by atoms with Gasteiger partial charge in [-0.1, -0.05) is 32.4 Å². The van der Waals surface area contributed by atoms with Crippen molar-refractivity contribution in [3.05, 3.63) is 34.4 Å². The Hall–Kier alpha value is -1.31. The van der Waals surface area contributed by atoms with Gasteiger partial charge in [-0.15, -0.1) is 0 Å². The molecule has 1 aliphatic rings. The van der Waals surface area contributed by atoms with Crippen molar-refractivity contribution in [2.75, 3.05) is 0 Å². The van der Waals surface area contributed by atoms with Gasteiger partial charge in [0.1, 0.15) is 0 Å². The average Bonchev–Trinajstić information content (AvgIpc) is 2.35. The minimum atomic E-state index is -0.862. The Morgan fingerprint density at radius 2 is 2.05 bits per heavy atom. The number of aliphatic carboxylic acids is 1. The molecule has 0 atom stereocenters. The molecule has 0 saturated carbocycles. The first kappa shape index (κ1) is 16.7. The highest BCUT2D eigenvalue weighted by molar-refractivity contribution is 5.81. The largest absolute Gasteiger partial charge is 0.478 e. The van der Waals surface area contributed by atoms with E-state index in [-0.39, 0.29) is 0 Å². The second-order valence-electron chi connectivity index (χ2n) is 6.12. The molecule has 112 valence electrons. The molecule has 0 aromatic rings. The molecule has 0 spiro atoms. The Balaban J connectivity index is 3.02. The average molecular weight is 276 g/mol. The molecule has 0 aromatic carbocycles. The van der Waals surface area contributed by atoms with E-state index in [2.05, 4.69) is 26.8 Å². The van der Waals surface area contributed by atoms with Gasteiger partial charge in [-0.25, -0.2) is 4.79 Å². The summed E-state index contributed by atoms with van der Waals surface area (Å²) in [6.07, 6.45) is 10.3. The van der Waals surface area contributed by atoms with Crippen LogP contribution in [-0.4, -0.2) is 11.1 Å². The fourth-order valence-electron chi connectivity index (χ4n) is 2.85. The zero-order chi connectivity index (χ0) is 15.1. The molecule has 1 aliphatic carbocycles. The summed E-state index contributed by atoms with van der Waals surface area (Å²) in [5.41, 5.74) is 5.28. The van der Waals surface area contributed by atoms with E-state index in [0.717, 1.165) is 24.8 Å². The van der Waals surface area contributed by atoms with Crippen LogP contribution in [-0.2, 0) is 4.79 Å². The maximum absolute atomic E-state index is 10.8. The van der Waals surface area contributed by atoms with Crippen LogP contribution in [0.3, 0.4) is 0 Å². The summed E-state index contributed by atoms with van der Waals surface area (Å²) in [6, 6.07) is 0. The molecule has 0 fully saturated rings. The van der Waals surface area contributed by atoms with Crippen molar-refractivity contribution in [1.82, 2.24) is 0 Å². The lowest BCUT2D eigenvalue weighted by atomic mass is 9.82. The number of carboxylic acid groups (broad SMARTS) is 1. The highest BCUT2D eigenvalue weighted by Gasteiger charge is 2.16. The van der Waals surface area contributed by atoms with Gasteiger partial charge in [-0.05, 0) is 68.1 Å². The van der Waals surface area contributed by atoms with Gasteiger partial charge in [0.15, 0.2) is 0 Å². The normalized spacial score (nSPS) is 19.1. The van der Waals surface area contributed by atoms with Crippen LogP contribution in [0.2, 0.25) is 0 Å². The zero-order valence-corrected chi connectivity index (χ0v) is 13.3. The number of allylic oxidation sites excluding steroid dienone is 5. The van der Waals surface area contributed by atoms with Crippen LogP contribution in [0.15, 0.2) is 34.4 Å². The number of hydrogen-bond acceptors (Lipinski definition) is 1. The number of carboxylic acids is 1. The lowest BCUT2D eigenvalue weighted by Crippen LogP contribution is -2.05. The first-order valence-corrected chi connectivity index (χ1v) is 7.77. The molecule has 0 unspecified atom stereocenters. The minimum Gasteiger partial charge on any atom is -0.478 e. The van der Waals surface area contributed by atoms with Crippen LogP contribution >= 0.6 is 0 Å². The molecule has 2 heteroatoms. The van der Waals surface area contributed by atoms with Gasteiger partial charge in [0.25, 0.3) is 0 Å². The van der Waals surface area contributed by atoms with Crippen LogP contribution in [0, 0.1) is 5.92 Å². The number of carbonyl (C=O) groups is 1. The molecule has 0 heterocycles. The molecule has 1 rings (SSSR count). The summed E-state index contributed by atoms with van der Waals surface area (Å²) in [4.78, 5) is 10.8. The van der Waals surface area contributed by atoms with Crippen LogP contribution in [0.1, 0.15) is 66.2 Å². The molecular weight excluding hydrogens is 248 g/mol. The third-order valence-electron chi connectivity index (χ3n) is 3.89. The maximum atomic E-state index is 10.8. The molecule has 0 aromatic heterocycles. The van der Waals surface area contributed by atoms with Crippen LogP contribution in [0.4, 0.5) is 0 Å². The topological polar surface area (TPSA) is 37.3 Å². The van der Waals surface area contributed by atoms with Crippen LogP contribution in [0.25, 0.3) is 0 Å². The predicted molar refractivity (Wildman–Crippen MR) is 84.7 cm³/mol. The summed E-state index contributed by atoms with van der Waals surface area (Å²) >= 11 is 0. The van der Waals surface area contributed by atoms with E-state index in [1.165, 1.54) is 36.5 Å². The van der Waals surface area contributed by atoms with Crippen molar-refractivity contribution in [3.63, 3.8) is 0 Å². The summed E-state index contributed by atoms with van der Waals surface area (Å²) in [5, 5.41) is 8.84. The lowest BCUT2D eigenvalue weighted by molar-refractivity contribution is -0.131. The summed E-state index contributed by atoms with van der Waals surface area (Å²) in [6.45, 7) is 8.62. The Labute approximate surface area is 123 Å². The molecule has 0 saturated heterocycles. The third kappa shape index (κ3) is 5.36. The zero-order valence-electron chi connectivity index (χ0n) is 13.3. The van der Waals surface area contributed by atoms with Crippen molar-refractivity contribution < 1.29 is 9.90 Å². The monoisotopic (exact) mass is 276 g/mol. The summed E-state index contributed by atoms with van der Waals surface area (Å²) in [7, 11) is 0. The van der Waals surface area contributed by atoms with E-state index in [4.69, 9.17) is 5.11 Å². The standard InChI is InChI=1S/C18H28O2/c1-5-15-7-6-8-16(11-14(4)12-18(19)20)17(15)10-9-13(2)3/h11-13H,5-10H2,1-4H3,(H,19,20)/b14-12+,16-11-. The molecule has 20 heavy (non-hydrogen) atoms. The molecule has 0 amide bonds. The maximum Gasteiger partial charge on any atom is 0.328 e. The van der Waals surface area contributed by atoms with E-state index in [0.29, 0.717) is 5.92 Å². The fourth-order valence-corrected chi connectivity index (χ4v) is 2.85. The van der Waals surface area contributed by atoms with Gasteiger partial charge >= 0.3 is 5.97 Å². The quantitative estimate of drug-likeness (QED) is 0.671.